The van der Waals surface area contributed by atoms with Crippen molar-refractivity contribution in [1.29, 1.82) is 0 Å². The van der Waals surface area contributed by atoms with E-state index in [1.807, 2.05) is 42.5 Å². The third kappa shape index (κ3) is 4.66. The van der Waals surface area contributed by atoms with Crippen molar-refractivity contribution in [3.8, 4) is 5.75 Å². The van der Waals surface area contributed by atoms with Crippen molar-refractivity contribution in [1.82, 2.24) is 5.01 Å². The van der Waals surface area contributed by atoms with Gasteiger partial charge >= 0.3 is 0 Å². The summed E-state index contributed by atoms with van der Waals surface area (Å²) in [7, 11) is 0. The number of rotatable bonds is 5. The number of hydrazone groups is 1. The van der Waals surface area contributed by atoms with Crippen LogP contribution in [0.5, 0.6) is 5.75 Å². The summed E-state index contributed by atoms with van der Waals surface area (Å²) in [5, 5.41) is 7.46. The average molecular weight is 525 g/mol. The molecule has 5 nitrogen and oxygen atoms in total. The van der Waals surface area contributed by atoms with Gasteiger partial charge < -0.3 is 4.74 Å². The van der Waals surface area contributed by atoms with Crippen molar-refractivity contribution < 1.29 is 14.3 Å². The summed E-state index contributed by atoms with van der Waals surface area (Å²) in [6.07, 6.45) is 1.73. The van der Waals surface area contributed by atoms with E-state index in [0.717, 1.165) is 26.0 Å². The van der Waals surface area contributed by atoms with Crippen LogP contribution in [0.25, 0.3) is 16.8 Å². The number of halogens is 1. The Balaban J connectivity index is 1.33. The zero-order valence-corrected chi connectivity index (χ0v) is 20.5. The van der Waals surface area contributed by atoms with Gasteiger partial charge in [-0.15, -0.1) is 0 Å². The predicted octanol–water partition coefficient (Wildman–Crippen LogP) is 6.62. The minimum absolute atomic E-state index is 0.380. The summed E-state index contributed by atoms with van der Waals surface area (Å²) in [4.78, 5) is 25.7. The molecule has 0 unspecified atom stereocenters. The highest BCUT2D eigenvalue weighted by atomic mass is 79.9. The number of nitrogens with zero attached hydrogens (tertiary/aromatic N) is 2. The van der Waals surface area contributed by atoms with Crippen molar-refractivity contribution in [3.63, 3.8) is 0 Å². The SMILES string of the molecule is CC1=NN(C(=O)c2ccccc2)C(=O)/C1=C/c1ccc(OCc2cccc3ccccc23)c(Br)c1. The first-order valence-electron chi connectivity index (χ1n) is 11.1. The minimum atomic E-state index is -0.447. The summed E-state index contributed by atoms with van der Waals surface area (Å²) in [6, 6.07) is 28.7. The molecule has 4 aromatic carbocycles. The lowest BCUT2D eigenvalue weighted by Crippen LogP contribution is -2.29. The normalized spacial score (nSPS) is 14.5. The van der Waals surface area contributed by atoms with Gasteiger partial charge in [0.15, 0.2) is 0 Å². The van der Waals surface area contributed by atoms with Crippen LogP contribution in [0.1, 0.15) is 28.4 Å². The predicted molar refractivity (Wildman–Crippen MR) is 141 cm³/mol. The maximum absolute atomic E-state index is 12.9. The second kappa shape index (κ2) is 9.68. The van der Waals surface area contributed by atoms with Crippen LogP contribution >= 0.6 is 15.9 Å². The monoisotopic (exact) mass is 524 g/mol. The third-order valence-electron chi connectivity index (χ3n) is 5.81. The largest absolute Gasteiger partial charge is 0.488 e. The Kier molecular flexibility index (Phi) is 6.29. The minimum Gasteiger partial charge on any atom is -0.488 e. The molecular weight excluding hydrogens is 504 g/mol. The first-order valence-corrected chi connectivity index (χ1v) is 11.9. The highest BCUT2D eigenvalue weighted by molar-refractivity contribution is 9.10. The molecule has 0 N–H and O–H groups in total. The Labute approximate surface area is 211 Å². The second-order valence-corrected chi connectivity index (χ2v) is 9.00. The van der Waals surface area contributed by atoms with E-state index in [1.54, 1.807) is 37.3 Å². The van der Waals surface area contributed by atoms with E-state index in [9.17, 15) is 9.59 Å². The second-order valence-electron chi connectivity index (χ2n) is 8.15. The van der Waals surface area contributed by atoms with Crippen LogP contribution in [0, 0.1) is 0 Å². The van der Waals surface area contributed by atoms with Crippen LogP contribution in [-0.2, 0) is 11.4 Å². The topological polar surface area (TPSA) is 59.0 Å². The highest BCUT2D eigenvalue weighted by Gasteiger charge is 2.32. The zero-order valence-electron chi connectivity index (χ0n) is 18.9. The average Bonchev–Trinajstić information content (AvgIpc) is 3.16. The van der Waals surface area contributed by atoms with E-state index >= 15 is 0 Å². The maximum atomic E-state index is 12.9. The summed E-state index contributed by atoms with van der Waals surface area (Å²) in [5.41, 5.74) is 3.18. The first-order chi connectivity index (χ1) is 17.0. The number of ether oxygens (including phenoxy) is 1. The van der Waals surface area contributed by atoms with Crippen molar-refractivity contribution in [2.45, 2.75) is 13.5 Å². The quantitative estimate of drug-likeness (QED) is 0.217. The first kappa shape index (κ1) is 22.7. The lowest BCUT2D eigenvalue weighted by Gasteiger charge is -2.11. The molecule has 0 aliphatic carbocycles. The molecule has 1 heterocycles. The van der Waals surface area contributed by atoms with E-state index in [2.05, 4.69) is 45.3 Å². The van der Waals surface area contributed by atoms with Gasteiger partial charge in [-0.25, -0.2) is 0 Å². The van der Waals surface area contributed by atoms with Crippen LogP contribution in [0.2, 0.25) is 0 Å². The molecule has 0 bridgehead atoms. The van der Waals surface area contributed by atoms with Crippen molar-refractivity contribution in [3.05, 3.63) is 118 Å². The fourth-order valence-corrected chi connectivity index (χ4v) is 4.50. The van der Waals surface area contributed by atoms with E-state index in [0.29, 0.717) is 29.2 Å². The molecule has 4 aromatic rings. The van der Waals surface area contributed by atoms with Gasteiger partial charge in [-0.05, 0) is 75.1 Å². The molecule has 1 aliphatic heterocycles. The van der Waals surface area contributed by atoms with Crippen LogP contribution < -0.4 is 4.74 Å². The number of carbonyl (C=O) groups excluding carboxylic acids is 2. The molecular formula is C29H21BrN2O3. The van der Waals surface area contributed by atoms with Gasteiger partial charge in [0.2, 0.25) is 0 Å². The van der Waals surface area contributed by atoms with Crippen LogP contribution in [0.4, 0.5) is 0 Å². The molecule has 6 heteroatoms. The standard InChI is InChI=1S/C29H21BrN2O3/c1-19-25(29(34)32(31-19)28(33)22-9-3-2-4-10-22)16-20-14-15-27(26(30)17-20)35-18-23-12-7-11-21-8-5-6-13-24(21)23/h2-17H,18H2,1H3/b25-16+. The number of imide groups is 1. The molecule has 1 aliphatic rings. The van der Waals surface area contributed by atoms with Gasteiger partial charge in [-0.2, -0.15) is 10.1 Å². The molecule has 5 rings (SSSR count). The summed E-state index contributed by atoms with van der Waals surface area (Å²) >= 11 is 3.58. The zero-order chi connectivity index (χ0) is 24.4. The Hall–Kier alpha value is -4.03. The smallest absolute Gasteiger partial charge is 0.283 e. The Bertz CT molecular complexity index is 1500. The number of amides is 2. The Morgan fingerprint density at radius 2 is 1.71 bits per heavy atom. The van der Waals surface area contributed by atoms with E-state index < -0.39 is 11.8 Å². The lowest BCUT2D eigenvalue weighted by atomic mass is 10.1. The maximum Gasteiger partial charge on any atom is 0.283 e. The van der Waals surface area contributed by atoms with E-state index in [1.165, 1.54) is 5.39 Å². The molecule has 0 radical (unpaired) electrons. The van der Waals surface area contributed by atoms with Crippen LogP contribution in [0.3, 0.4) is 0 Å². The van der Waals surface area contributed by atoms with E-state index in [4.69, 9.17) is 4.74 Å². The van der Waals surface area contributed by atoms with E-state index in [-0.39, 0.29) is 0 Å². The Morgan fingerprint density at radius 1 is 0.971 bits per heavy atom. The van der Waals surface area contributed by atoms with Crippen molar-refractivity contribution in [2.24, 2.45) is 5.10 Å². The summed E-state index contributed by atoms with van der Waals surface area (Å²) in [5.74, 6) is -0.190. The fraction of sp³-hybridized carbons (Fsp3) is 0.0690. The highest BCUT2D eigenvalue weighted by Crippen LogP contribution is 2.30. The summed E-state index contributed by atoms with van der Waals surface area (Å²) in [6.45, 7) is 2.15. The molecule has 0 fully saturated rings. The summed E-state index contributed by atoms with van der Waals surface area (Å²) < 4.78 is 6.85. The number of hydrogen-bond donors (Lipinski definition) is 0. The molecule has 2 amide bonds. The fourth-order valence-electron chi connectivity index (χ4n) is 3.99. The van der Waals surface area contributed by atoms with Gasteiger partial charge in [0.05, 0.1) is 15.8 Å². The van der Waals surface area contributed by atoms with Gasteiger partial charge in [0.1, 0.15) is 12.4 Å². The lowest BCUT2D eigenvalue weighted by molar-refractivity contribution is -0.123. The number of carbonyl (C=O) groups is 2. The molecule has 172 valence electrons. The third-order valence-corrected chi connectivity index (χ3v) is 6.43. The van der Waals surface area contributed by atoms with Gasteiger partial charge in [-0.3, -0.25) is 9.59 Å². The molecule has 35 heavy (non-hydrogen) atoms. The number of fused-ring (bicyclic) bond motifs is 1. The number of hydrogen-bond acceptors (Lipinski definition) is 4. The molecule has 0 atom stereocenters. The van der Waals surface area contributed by atoms with Gasteiger partial charge in [-0.1, -0.05) is 66.7 Å². The molecule has 0 spiro atoms. The van der Waals surface area contributed by atoms with Crippen molar-refractivity contribution >= 4 is 50.3 Å². The van der Waals surface area contributed by atoms with Crippen LogP contribution in [-0.4, -0.2) is 22.5 Å². The van der Waals surface area contributed by atoms with Gasteiger partial charge in [0.25, 0.3) is 11.8 Å². The molecule has 0 saturated heterocycles. The van der Waals surface area contributed by atoms with Gasteiger partial charge in [0, 0.05) is 5.56 Å². The Morgan fingerprint density at radius 3 is 2.51 bits per heavy atom. The molecule has 0 aromatic heterocycles. The van der Waals surface area contributed by atoms with Crippen LogP contribution in [0.15, 0.2) is 106 Å². The molecule has 0 saturated carbocycles. The van der Waals surface area contributed by atoms with Crippen molar-refractivity contribution in [2.75, 3.05) is 0 Å². The number of benzene rings is 4.